The van der Waals surface area contributed by atoms with E-state index in [1.54, 1.807) is 12.1 Å². The molecule has 0 heterocycles. The van der Waals surface area contributed by atoms with Crippen molar-refractivity contribution < 1.29 is 9.50 Å². The number of benzene rings is 1. The summed E-state index contributed by atoms with van der Waals surface area (Å²) in [5, 5.41) is 9.54. The number of rotatable bonds is 1. The second kappa shape index (κ2) is 4.32. The van der Waals surface area contributed by atoms with Crippen molar-refractivity contribution in [2.45, 2.75) is 37.3 Å². The van der Waals surface area contributed by atoms with Gasteiger partial charge in [-0.05, 0) is 31.7 Å². The molecule has 0 unspecified atom stereocenters. The van der Waals surface area contributed by atoms with Gasteiger partial charge in [-0.2, -0.15) is 0 Å². The van der Waals surface area contributed by atoms with Crippen LogP contribution in [0.4, 0.5) is 4.39 Å². The summed E-state index contributed by atoms with van der Waals surface area (Å²) >= 11 is 5.74. The van der Waals surface area contributed by atoms with E-state index in [2.05, 4.69) is 0 Å². The molecule has 1 aromatic carbocycles. The highest BCUT2D eigenvalue weighted by Gasteiger charge is 2.35. The molecule has 0 aromatic heterocycles. The zero-order chi connectivity index (χ0) is 11.8. The lowest BCUT2D eigenvalue weighted by atomic mass is 9.76. The Bertz CT molecular complexity index is 389. The summed E-state index contributed by atoms with van der Waals surface area (Å²) < 4.78 is 13.9. The Labute approximate surface area is 99.2 Å². The highest BCUT2D eigenvalue weighted by atomic mass is 35.5. The van der Waals surface area contributed by atoms with Crippen LogP contribution in [0.25, 0.3) is 0 Å². The number of nitrogens with two attached hydrogens (primary N) is 1. The Morgan fingerprint density at radius 1 is 1.38 bits per heavy atom. The van der Waals surface area contributed by atoms with Crippen LogP contribution in [0.5, 0.6) is 0 Å². The van der Waals surface area contributed by atoms with E-state index in [0.29, 0.717) is 31.2 Å². The summed E-state index contributed by atoms with van der Waals surface area (Å²) in [6.45, 7) is 0. The van der Waals surface area contributed by atoms with E-state index >= 15 is 0 Å². The molecule has 0 spiro atoms. The topological polar surface area (TPSA) is 46.2 Å². The molecule has 4 heteroatoms. The maximum atomic E-state index is 13.9. The number of halogens is 2. The van der Waals surface area contributed by atoms with Crippen molar-refractivity contribution in [3.8, 4) is 0 Å². The van der Waals surface area contributed by atoms with Gasteiger partial charge in [-0.1, -0.05) is 23.7 Å². The van der Waals surface area contributed by atoms with E-state index in [4.69, 9.17) is 17.3 Å². The third-order valence-electron chi connectivity index (χ3n) is 3.34. The van der Waals surface area contributed by atoms with Crippen molar-refractivity contribution in [1.29, 1.82) is 0 Å². The molecule has 0 amide bonds. The van der Waals surface area contributed by atoms with Crippen molar-refractivity contribution >= 4 is 11.6 Å². The average Bonchev–Trinajstić information content (AvgIpc) is 2.27. The first-order chi connectivity index (χ1) is 7.53. The molecule has 0 radical (unpaired) electrons. The molecule has 1 fully saturated rings. The van der Waals surface area contributed by atoms with Crippen LogP contribution in [-0.2, 0) is 5.54 Å². The molecule has 16 heavy (non-hydrogen) atoms. The normalized spacial score (nSPS) is 30.4. The van der Waals surface area contributed by atoms with Crippen molar-refractivity contribution in [2.75, 3.05) is 0 Å². The van der Waals surface area contributed by atoms with Crippen LogP contribution < -0.4 is 5.73 Å². The fourth-order valence-electron chi connectivity index (χ4n) is 2.28. The van der Waals surface area contributed by atoms with Gasteiger partial charge in [0.15, 0.2) is 0 Å². The van der Waals surface area contributed by atoms with Gasteiger partial charge in [0.25, 0.3) is 0 Å². The Hall–Kier alpha value is -0.640. The van der Waals surface area contributed by atoms with E-state index < -0.39 is 11.4 Å². The highest BCUT2D eigenvalue weighted by Crippen LogP contribution is 2.37. The molecule has 0 saturated heterocycles. The summed E-state index contributed by atoms with van der Waals surface area (Å²) in [4.78, 5) is 0. The lowest BCUT2D eigenvalue weighted by molar-refractivity contribution is 0.0957. The number of hydrogen-bond donors (Lipinski definition) is 2. The van der Waals surface area contributed by atoms with Crippen LogP contribution in [0, 0.1) is 5.82 Å². The molecule has 1 aliphatic carbocycles. The lowest BCUT2D eigenvalue weighted by Gasteiger charge is -2.36. The van der Waals surface area contributed by atoms with Gasteiger partial charge in [-0.3, -0.25) is 0 Å². The van der Waals surface area contributed by atoms with E-state index in [1.165, 1.54) is 6.07 Å². The predicted octanol–water partition coefficient (Wildman–Crippen LogP) is 2.57. The second-order valence-corrected chi connectivity index (χ2v) is 4.90. The molecule has 2 nitrogen and oxygen atoms in total. The van der Waals surface area contributed by atoms with E-state index in [1.807, 2.05) is 0 Å². The summed E-state index contributed by atoms with van der Waals surface area (Å²) in [7, 11) is 0. The SMILES string of the molecule is NC1(c2cccc(Cl)c2F)CCC(O)CC1. The Kier molecular flexibility index (Phi) is 3.19. The first-order valence-electron chi connectivity index (χ1n) is 5.44. The van der Waals surface area contributed by atoms with Gasteiger partial charge >= 0.3 is 0 Å². The summed E-state index contributed by atoms with van der Waals surface area (Å²) in [6.07, 6.45) is 2.10. The molecule has 88 valence electrons. The molecule has 2 rings (SSSR count). The fourth-order valence-corrected chi connectivity index (χ4v) is 2.45. The maximum Gasteiger partial charge on any atom is 0.146 e. The summed E-state index contributed by atoms with van der Waals surface area (Å²) in [6, 6.07) is 4.90. The second-order valence-electron chi connectivity index (χ2n) is 4.49. The molecule has 0 bridgehead atoms. The number of aliphatic hydroxyl groups is 1. The number of aliphatic hydroxyl groups excluding tert-OH is 1. The molecule has 3 N–H and O–H groups in total. The first kappa shape index (κ1) is 11.8. The number of hydrogen-bond acceptors (Lipinski definition) is 2. The van der Waals surface area contributed by atoms with Crippen LogP contribution in [0.1, 0.15) is 31.2 Å². The fraction of sp³-hybridized carbons (Fsp3) is 0.500. The third-order valence-corrected chi connectivity index (χ3v) is 3.63. The lowest BCUT2D eigenvalue weighted by Crippen LogP contribution is -2.42. The van der Waals surface area contributed by atoms with Crippen molar-refractivity contribution in [2.24, 2.45) is 5.73 Å². The van der Waals surface area contributed by atoms with Gasteiger partial charge < -0.3 is 10.8 Å². The molecule has 0 aliphatic heterocycles. The average molecular weight is 244 g/mol. The molecular weight excluding hydrogens is 229 g/mol. The van der Waals surface area contributed by atoms with E-state index in [0.717, 1.165) is 0 Å². The largest absolute Gasteiger partial charge is 0.393 e. The van der Waals surface area contributed by atoms with E-state index in [9.17, 15) is 9.50 Å². The van der Waals surface area contributed by atoms with Gasteiger partial charge in [0.1, 0.15) is 5.82 Å². The monoisotopic (exact) mass is 243 g/mol. The Morgan fingerprint density at radius 3 is 2.62 bits per heavy atom. The zero-order valence-corrected chi connectivity index (χ0v) is 9.67. The van der Waals surface area contributed by atoms with Crippen LogP contribution >= 0.6 is 11.6 Å². The zero-order valence-electron chi connectivity index (χ0n) is 8.92. The van der Waals surface area contributed by atoms with Crippen molar-refractivity contribution in [3.05, 3.63) is 34.6 Å². The first-order valence-corrected chi connectivity index (χ1v) is 5.82. The Morgan fingerprint density at radius 2 is 2.00 bits per heavy atom. The predicted molar refractivity (Wildman–Crippen MR) is 61.8 cm³/mol. The third kappa shape index (κ3) is 2.08. The maximum absolute atomic E-state index is 13.9. The minimum Gasteiger partial charge on any atom is -0.393 e. The van der Waals surface area contributed by atoms with Crippen LogP contribution in [-0.4, -0.2) is 11.2 Å². The highest BCUT2D eigenvalue weighted by molar-refractivity contribution is 6.30. The van der Waals surface area contributed by atoms with Crippen LogP contribution in [0.2, 0.25) is 5.02 Å². The minimum absolute atomic E-state index is 0.105. The molecular formula is C12H15ClFNO. The molecule has 1 aliphatic rings. The van der Waals surface area contributed by atoms with Gasteiger partial charge in [-0.25, -0.2) is 4.39 Å². The van der Waals surface area contributed by atoms with Crippen LogP contribution in [0.3, 0.4) is 0 Å². The van der Waals surface area contributed by atoms with E-state index in [-0.39, 0.29) is 11.1 Å². The summed E-state index contributed by atoms with van der Waals surface area (Å²) in [5.41, 5.74) is 5.98. The van der Waals surface area contributed by atoms with Crippen molar-refractivity contribution in [1.82, 2.24) is 0 Å². The standard InChI is InChI=1S/C12H15ClFNO/c13-10-3-1-2-9(11(10)14)12(15)6-4-8(16)5-7-12/h1-3,8,16H,4-7,15H2. The van der Waals surface area contributed by atoms with Crippen molar-refractivity contribution in [3.63, 3.8) is 0 Å². The quantitative estimate of drug-likeness (QED) is 0.796. The summed E-state index contributed by atoms with van der Waals surface area (Å²) in [5.74, 6) is -0.428. The molecule has 1 saturated carbocycles. The van der Waals surface area contributed by atoms with Gasteiger partial charge in [0, 0.05) is 11.1 Å². The molecule has 0 atom stereocenters. The van der Waals surface area contributed by atoms with Gasteiger partial charge in [0.05, 0.1) is 11.1 Å². The van der Waals surface area contributed by atoms with Crippen LogP contribution in [0.15, 0.2) is 18.2 Å². The van der Waals surface area contributed by atoms with Gasteiger partial charge in [-0.15, -0.1) is 0 Å². The molecule has 1 aromatic rings. The smallest absolute Gasteiger partial charge is 0.146 e. The minimum atomic E-state index is -0.686. The van der Waals surface area contributed by atoms with Gasteiger partial charge in [0.2, 0.25) is 0 Å². The Balaban J connectivity index is 2.32.